The van der Waals surface area contributed by atoms with Crippen molar-refractivity contribution in [2.75, 3.05) is 13.1 Å². The van der Waals surface area contributed by atoms with Crippen LogP contribution in [0.1, 0.15) is 19.3 Å². The average Bonchev–Trinajstić information content (AvgIpc) is 2.05. The predicted octanol–water partition coefficient (Wildman–Crippen LogP) is 1.28. The molecule has 0 radical (unpaired) electrons. The van der Waals surface area contributed by atoms with E-state index in [2.05, 4.69) is 15.9 Å². The standard InChI is InChI=1S/C7H12BrNO2/c8-6(7(10)11)9-4-2-1-3-5-9/h6H,1-5H2,(H,10,11). The minimum Gasteiger partial charge on any atom is -0.479 e. The number of hydrogen-bond donors (Lipinski definition) is 1. The van der Waals surface area contributed by atoms with Gasteiger partial charge in [-0.1, -0.05) is 22.4 Å². The van der Waals surface area contributed by atoms with E-state index in [0.717, 1.165) is 25.9 Å². The predicted molar refractivity (Wildman–Crippen MR) is 45.8 cm³/mol. The lowest BCUT2D eigenvalue weighted by Crippen LogP contribution is -2.40. The molecule has 1 heterocycles. The molecule has 1 aliphatic rings. The first-order valence-corrected chi connectivity index (χ1v) is 4.74. The van der Waals surface area contributed by atoms with E-state index in [1.165, 1.54) is 6.42 Å². The number of carboxylic acid groups (broad SMARTS) is 1. The molecule has 64 valence electrons. The second-order valence-electron chi connectivity index (χ2n) is 2.77. The number of carboxylic acids is 1. The van der Waals surface area contributed by atoms with Crippen molar-refractivity contribution in [2.24, 2.45) is 0 Å². The van der Waals surface area contributed by atoms with Crippen LogP contribution in [0.3, 0.4) is 0 Å². The van der Waals surface area contributed by atoms with E-state index in [9.17, 15) is 4.79 Å². The molecule has 0 aromatic rings. The molecule has 3 nitrogen and oxygen atoms in total. The van der Waals surface area contributed by atoms with E-state index in [4.69, 9.17) is 5.11 Å². The SMILES string of the molecule is O=C(O)C(Br)N1CCCCC1. The van der Waals surface area contributed by atoms with Crippen LogP contribution in [0.25, 0.3) is 0 Å². The monoisotopic (exact) mass is 221 g/mol. The number of likely N-dealkylation sites (tertiary alicyclic amines) is 1. The highest BCUT2D eigenvalue weighted by Crippen LogP contribution is 2.15. The maximum Gasteiger partial charge on any atom is 0.332 e. The van der Waals surface area contributed by atoms with Crippen molar-refractivity contribution in [1.82, 2.24) is 4.90 Å². The Bertz CT molecular complexity index is 145. The Morgan fingerprint density at radius 3 is 2.36 bits per heavy atom. The van der Waals surface area contributed by atoms with Crippen molar-refractivity contribution < 1.29 is 9.90 Å². The number of carbonyl (C=O) groups is 1. The molecule has 1 N–H and O–H groups in total. The van der Waals surface area contributed by atoms with Crippen molar-refractivity contribution in [3.8, 4) is 0 Å². The van der Waals surface area contributed by atoms with E-state index in [0.29, 0.717) is 0 Å². The van der Waals surface area contributed by atoms with E-state index in [1.54, 1.807) is 0 Å². The molecule has 1 saturated heterocycles. The summed E-state index contributed by atoms with van der Waals surface area (Å²) in [5.74, 6) is -0.785. The summed E-state index contributed by atoms with van der Waals surface area (Å²) in [6, 6.07) is 0. The number of alkyl halides is 1. The summed E-state index contributed by atoms with van der Waals surface area (Å²) in [6.45, 7) is 1.81. The molecular formula is C7H12BrNO2. The maximum absolute atomic E-state index is 10.5. The van der Waals surface area contributed by atoms with E-state index in [1.807, 2.05) is 4.90 Å². The third kappa shape index (κ3) is 2.45. The summed E-state index contributed by atoms with van der Waals surface area (Å²) in [5.41, 5.74) is 0. The van der Waals surface area contributed by atoms with Gasteiger partial charge in [0.15, 0.2) is 4.95 Å². The highest BCUT2D eigenvalue weighted by Gasteiger charge is 2.23. The van der Waals surface area contributed by atoms with Crippen molar-refractivity contribution in [1.29, 1.82) is 0 Å². The molecule has 4 heteroatoms. The number of piperidine rings is 1. The number of halogens is 1. The highest BCUT2D eigenvalue weighted by atomic mass is 79.9. The molecule has 1 unspecified atom stereocenters. The number of aliphatic carboxylic acids is 1. The Balaban J connectivity index is 2.38. The third-order valence-electron chi connectivity index (χ3n) is 1.92. The van der Waals surface area contributed by atoms with E-state index in [-0.39, 0.29) is 0 Å². The van der Waals surface area contributed by atoms with Gasteiger partial charge in [-0.15, -0.1) is 0 Å². The molecule has 0 aromatic carbocycles. The van der Waals surface area contributed by atoms with Crippen LogP contribution in [-0.2, 0) is 4.79 Å². The average molecular weight is 222 g/mol. The van der Waals surface area contributed by atoms with Gasteiger partial charge in [-0.2, -0.15) is 0 Å². The quantitative estimate of drug-likeness (QED) is 0.565. The Morgan fingerprint density at radius 2 is 1.91 bits per heavy atom. The summed E-state index contributed by atoms with van der Waals surface area (Å²) in [7, 11) is 0. The zero-order valence-electron chi connectivity index (χ0n) is 6.29. The Kier molecular flexibility index (Phi) is 3.33. The molecule has 0 aliphatic carbocycles. The second kappa shape index (κ2) is 4.07. The van der Waals surface area contributed by atoms with Crippen LogP contribution in [0, 0.1) is 0 Å². The number of hydrogen-bond acceptors (Lipinski definition) is 2. The topological polar surface area (TPSA) is 40.5 Å². The Labute approximate surface area is 74.5 Å². The molecule has 1 fully saturated rings. The van der Waals surface area contributed by atoms with Gasteiger partial charge in [-0.05, 0) is 25.9 Å². The summed E-state index contributed by atoms with van der Waals surface area (Å²) in [6.07, 6.45) is 3.47. The van der Waals surface area contributed by atoms with E-state index >= 15 is 0 Å². The van der Waals surface area contributed by atoms with Crippen molar-refractivity contribution in [2.45, 2.75) is 24.2 Å². The van der Waals surface area contributed by atoms with Crippen molar-refractivity contribution >= 4 is 21.9 Å². The van der Waals surface area contributed by atoms with Gasteiger partial charge in [0.1, 0.15) is 0 Å². The van der Waals surface area contributed by atoms with Crippen molar-refractivity contribution in [3.05, 3.63) is 0 Å². The van der Waals surface area contributed by atoms with Crippen LogP contribution in [0.5, 0.6) is 0 Å². The van der Waals surface area contributed by atoms with Gasteiger partial charge >= 0.3 is 5.97 Å². The van der Waals surface area contributed by atoms with Crippen molar-refractivity contribution in [3.63, 3.8) is 0 Å². The highest BCUT2D eigenvalue weighted by molar-refractivity contribution is 9.09. The van der Waals surface area contributed by atoms with Crippen LogP contribution in [0.4, 0.5) is 0 Å². The fourth-order valence-corrected chi connectivity index (χ4v) is 1.71. The van der Waals surface area contributed by atoms with Crippen LogP contribution in [0.2, 0.25) is 0 Å². The maximum atomic E-state index is 10.5. The lowest BCUT2D eigenvalue weighted by atomic mass is 10.1. The molecule has 0 saturated carbocycles. The minimum atomic E-state index is -0.785. The summed E-state index contributed by atoms with van der Waals surface area (Å²) < 4.78 is 0. The molecule has 1 atom stereocenters. The van der Waals surface area contributed by atoms with Gasteiger partial charge in [0, 0.05) is 0 Å². The molecule has 0 bridgehead atoms. The summed E-state index contributed by atoms with van der Waals surface area (Å²) >= 11 is 3.13. The molecule has 1 aliphatic heterocycles. The smallest absolute Gasteiger partial charge is 0.332 e. The van der Waals surface area contributed by atoms with E-state index < -0.39 is 10.9 Å². The molecule has 0 amide bonds. The lowest BCUT2D eigenvalue weighted by molar-refractivity contribution is -0.139. The lowest BCUT2D eigenvalue weighted by Gasteiger charge is -2.28. The normalized spacial score (nSPS) is 23.0. The van der Waals surface area contributed by atoms with Gasteiger partial charge < -0.3 is 5.11 Å². The third-order valence-corrected chi connectivity index (χ3v) is 2.89. The first-order chi connectivity index (χ1) is 5.22. The molecule has 1 rings (SSSR count). The van der Waals surface area contributed by atoms with Gasteiger partial charge in [0.05, 0.1) is 0 Å². The summed E-state index contributed by atoms with van der Waals surface area (Å²) in [4.78, 5) is 12.0. The second-order valence-corrected chi connectivity index (χ2v) is 3.64. The zero-order valence-corrected chi connectivity index (χ0v) is 7.88. The fourth-order valence-electron chi connectivity index (χ4n) is 1.30. The first-order valence-electron chi connectivity index (χ1n) is 3.83. The summed E-state index contributed by atoms with van der Waals surface area (Å²) in [5, 5.41) is 8.65. The molecule has 0 spiro atoms. The first kappa shape index (κ1) is 9.00. The Morgan fingerprint density at radius 1 is 1.36 bits per heavy atom. The van der Waals surface area contributed by atoms with Gasteiger partial charge in [-0.25, -0.2) is 4.79 Å². The van der Waals surface area contributed by atoms with Crippen LogP contribution in [-0.4, -0.2) is 34.0 Å². The fraction of sp³-hybridized carbons (Fsp3) is 0.857. The molecular weight excluding hydrogens is 210 g/mol. The minimum absolute atomic E-state index is 0.484. The molecule has 11 heavy (non-hydrogen) atoms. The Hall–Kier alpha value is -0.0900. The number of rotatable bonds is 2. The van der Waals surface area contributed by atoms with Gasteiger partial charge in [0.2, 0.25) is 0 Å². The zero-order chi connectivity index (χ0) is 8.27. The van der Waals surface area contributed by atoms with Gasteiger partial charge in [0.25, 0.3) is 0 Å². The van der Waals surface area contributed by atoms with Crippen LogP contribution >= 0.6 is 15.9 Å². The van der Waals surface area contributed by atoms with Crippen LogP contribution in [0.15, 0.2) is 0 Å². The van der Waals surface area contributed by atoms with Gasteiger partial charge in [-0.3, -0.25) is 4.90 Å². The largest absolute Gasteiger partial charge is 0.479 e. The molecule has 0 aromatic heterocycles. The van der Waals surface area contributed by atoms with Crippen LogP contribution < -0.4 is 0 Å². The number of nitrogens with zero attached hydrogens (tertiary/aromatic N) is 1.